The first-order chi connectivity index (χ1) is 4.33. The van der Waals surface area contributed by atoms with Crippen molar-refractivity contribution in [3.63, 3.8) is 0 Å². The van der Waals surface area contributed by atoms with Gasteiger partial charge in [0.25, 0.3) is 0 Å². The summed E-state index contributed by atoms with van der Waals surface area (Å²) in [6.45, 7) is 0. The Labute approximate surface area is 95.4 Å². The van der Waals surface area contributed by atoms with Crippen molar-refractivity contribution < 1.29 is 49.4 Å². The summed E-state index contributed by atoms with van der Waals surface area (Å²) >= 11 is 0. The topological polar surface area (TPSA) is 48.4 Å². The third-order valence-electron chi connectivity index (χ3n) is 0.965. The van der Waals surface area contributed by atoms with Crippen LogP contribution < -0.4 is 24.8 Å². The summed E-state index contributed by atoms with van der Waals surface area (Å²) < 4.78 is 0. The average Bonchev–Trinajstić information content (AvgIpc) is 1.90. The fourth-order valence-electron chi connectivity index (χ4n) is 0.519. The van der Waals surface area contributed by atoms with Crippen LogP contribution in [-0.2, 0) is 19.5 Å². The van der Waals surface area contributed by atoms with Gasteiger partial charge in [-0.2, -0.15) is 0 Å². The molecular formula is C6H5Cl2N2OZn. The Hall–Kier alpha value is -0.357. The van der Waals surface area contributed by atoms with E-state index >= 15 is 0 Å². The smallest absolute Gasteiger partial charge is 1.00 e. The molecule has 0 spiro atoms. The Morgan fingerprint density at radius 1 is 1.08 bits per heavy atom. The summed E-state index contributed by atoms with van der Waals surface area (Å²) in [6.07, 6.45) is 0. The first-order valence-corrected chi connectivity index (χ1v) is 2.47. The van der Waals surface area contributed by atoms with Gasteiger partial charge in [-0.3, -0.25) is 0 Å². The minimum atomic E-state index is 0. The molecule has 3 nitrogen and oxygen atoms in total. The van der Waals surface area contributed by atoms with Crippen LogP contribution in [0.15, 0.2) is 24.3 Å². The summed E-state index contributed by atoms with van der Waals surface area (Å²) in [4.78, 5) is 2.90. The summed E-state index contributed by atoms with van der Waals surface area (Å²) in [5.74, 6) is 0.169. The van der Waals surface area contributed by atoms with Gasteiger partial charge in [0.2, 0.25) is 5.39 Å². The first-order valence-electron chi connectivity index (χ1n) is 2.47. The van der Waals surface area contributed by atoms with Crippen LogP contribution in [-0.4, -0.2) is 5.11 Å². The maximum absolute atomic E-state index is 8.73. The van der Waals surface area contributed by atoms with Gasteiger partial charge in [-0.05, 0) is 12.1 Å². The van der Waals surface area contributed by atoms with E-state index < -0.39 is 0 Å². The summed E-state index contributed by atoms with van der Waals surface area (Å²) in [5.41, 5.74) is 0.438. The minimum Gasteiger partial charge on any atom is -1.00 e. The van der Waals surface area contributed by atoms with Crippen molar-refractivity contribution in [3.8, 4) is 5.75 Å². The van der Waals surface area contributed by atoms with Crippen molar-refractivity contribution in [1.29, 1.82) is 5.39 Å². The van der Waals surface area contributed by atoms with Gasteiger partial charge in [0, 0.05) is 12.1 Å². The van der Waals surface area contributed by atoms with Crippen molar-refractivity contribution in [1.82, 2.24) is 0 Å². The number of hydrogen-bond acceptors (Lipinski definition) is 2. The molecule has 0 saturated carbocycles. The van der Waals surface area contributed by atoms with Gasteiger partial charge in [-0.25, -0.2) is 0 Å². The van der Waals surface area contributed by atoms with Crippen LogP contribution in [0.1, 0.15) is 0 Å². The molecule has 61 valence electrons. The van der Waals surface area contributed by atoms with Crippen LogP contribution in [0.2, 0.25) is 0 Å². The third kappa shape index (κ3) is 5.31. The van der Waals surface area contributed by atoms with E-state index in [1.54, 1.807) is 0 Å². The van der Waals surface area contributed by atoms with Crippen molar-refractivity contribution in [2.75, 3.05) is 0 Å². The SMILES string of the molecule is N#[N+]c1ccc(O)cc1.[Cl-].[Cl-].[Zn+]. The van der Waals surface area contributed by atoms with E-state index in [0.717, 1.165) is 0 Å². The van der Waals surface area contributed by atoms with Gasteiger partial charge in [0.05, 0.1) is 0 Å². The van der Waals surface area contributed by atoms with E-state index in [9.17, 15) is 0 Å². The number of hydrogen-bond donors (Lipinski definition) is 1. The van der Waals surface area contributed by atoms with E-state index in [1.165, 1.54) is 24.3 Å². The molecule has 1 aromatic rings. The standard InChI is InChI=1S/C6H4N2O.2ClH.Zn/c7-8-5-1-3-6(9)4-2-5;;;/h1-4H;2*1H;/q;;;+1/p-1. The molecule has 1 radical (unpaired) electrons. The monoisotopic (exact) mass is 255 g/mol. The van der Waals surface area contributed by atoms with Gasteiger partial charge < -0.3 is 29.9 Å². The van der Waals surface area contributed by atoms with Gasteiger partial charge in [0.1, 0.15) is 5.75 Å². The number of rotatable bonds is 0. The Kier molecular flexibility index (Phi) is 12.9. The predicted octanol–water partition coefficient (Wildman–Crippen LogP) is -4.12. The fraction of sp³-hybridized carbons (Fsp3) is 0. The molecule has 0 saturated heterocycles. The summed E-state index contributed by atoms with van der Waals surface area (Å²) in [7, 11) is 0. The van der Waals surface area contributed by atoms with E-state index in [4.69, 9.17) is 10.5 Å². The van der Waals surface area contributed by atoms with Crippen molar-refractivity contribution in [2.24, 2.45) is 0 Å². The van der Waals surface area contributed by atoms with Crippen molar-refractivity contribution in [3.05, 3.63) is 29.2 Å². The number of phenols is 1. The minimum absolute atomic E-state index is 0. The molecular weight excluding hydrogens is 252 g/mol. The number of diazo groups is 1. The molecule has 0 aliphatic rings. The molecule has 0 heterocycles. The third-order valence-corrected chi connectivity index (χ3v) is 0.965. The number of halogens is 2. The average molecular weight is 257 g/mol. The molecule has 1 rings (SSSR count). The first kappa shape index (κ1) is 17.7. The quantitative estimate of drug-likeness (QED) is 0.379. The maximum Gasteiger partial charge on any atom is 1.00 e. The summed E-state index contributed by atoms with van der Waals surface area (Å²) in [6, 6.07) is 5.93. The maximum atomic E-state index is 8.73. The zero-order chi connectivity index (χ0) is 6.69. The second kappa shape index (κ2) is 8.74. The van der Waals surface area contributed by atoms with Gasteiger partial charge in [-0.1, -0.05) is 0 Å². The number of nitrogens with zero attached hydrogens (tertiary/aromatic N) is 2. The van der Waals surface area contributed by atoms with Gasteiger partial charge >= 0.3 is 25.2 Å². The van der Waals surface area contributed by atoms with E-state index in [0.29, 0.717) is 5.69 Å². The fourth-order valence-corrected chi connectivity index (χ4v) is 0.519. The molecule has 0 fully saturated rings. The predicted molar refractivity (Wildman–Crippen MR) is 32.9 cm³/mol. The van der Waals surface area contributed by atoms with Gasteiger partial charge in [-0.15, -0.1) is 0 Å². The number of benzene rings is 1. The zero-order valence-electron chi connectivity index (χ0n) is 6.11. The zero-order valence-corrected chi connectivity index (χ0v) is 10.6. The number of phenolic OH excluding ortho intramolecular Hbond substituents is 1. The molecule has 0 unspecified atom stereocenters. The summed E-state index contributed by atoms with van der Waals surface area (Å²) in [5, 5.41) is 16.9. The van der Waals surface area contributed by atoms with Crippen molar-refractivity contribution in [2.45, 2.75) is 0 Å². The molecule has 0 bridgehead atoms. The number of aromatic hydroxyl groups is 1. The van der Waals surface area contributed by atoms with E-state index in [-0.39, 0.29) is 50.0 Å². The molecule has 1 aromatic carbocycles. The molecule has 0 amide bonds. The largest absolute Gasteiger partial charge is 1.00 e. The molecule has 0 aliphatic heterocycles. The van der Waals surface area contributed by atoms with E-state index in [1.807, 2.05) is 0 Å². The normalized spacial score (nSPS) is 6.25. The van der Waals surface area contributed by atoms with Crippen LogP contribution in [0.4, 0.5) is 5.69 Å². The second-order valence-corrected chi connectivity index (χ2v) is 1.62. The van der Waals surface area contributed by atoms with Crippen LogP contribution in [0, 0.1) is 5.39 Å². The Morgan fingerprint density at radius 2 is 1.50 bits per heavy atom. The molecule has 1 N–H and O–H groups in total. The van der Waals surface area contributed by atoms with Crippen LogP contribution in [0.25, 0.3) is 4.98 Å². The van der Waals surface area contributed by atoms with Crippen LogP contribution in [0.3, 0.4) is 0 Å². The molecule has 0 aromatic heterocycles. The Bertz CT molecular complexity index is 247. The molecule has 6 heteroatoms. The van der Waals surface area contributed by atoms with E-state index in [2.05, 4.69) is 4.98 Å². The van der Waals surface area contributed by atoms with Crippen LogP contribution >= 0.6 is 0 Å². The molecule has 12 heavy (non-hydrogen) atoms. The van der Waals surface area contributed by atoms with Crippen LogP contribution in [0.5, 0.6) is 5.75 Å². The Morgan fingerprint density at radius 3 is 1.83 bits per heavy atom. The Balaban J connectivity index is -0.000000270. The second-order valence-electron chi connectivity index (χ2n) is 1.62. The van der Waals surface area contributed by atoms with Gasteiger partial charge in [0.15, 0.2) is 4.98 Å². The molecule has 0 aliphatic carbocycles. The molecule has 0 atom stereocenters. The van der Waals surface area contributed by atoms with Crippen molar-refractivity contribution >= 4 is 5.69 Å².